The number of nitrogens with zero attached hydrogens (tertiary/aromatic N) is 4. The summed E-state index contributed by atoms with van der Waals surface area (Å²) in [4.78, 5) is 48.0. The molecule has 4 aromatic rings. The first-order valence-electron chi connectivity index (χ1n) is 15.7. The first-order chi connectivity index (χ1) is 22.3. The molecule has 0 radical (unpaired) electrons. The van der Waals surface area contributed by atoms with Crippen LogP contribution in [-0.2, 0) is 7.05 Å². The van der Waals surface area contributed by atoms with Crippen LogP contribution in [0.1, 0.15) is 45.5 Å². The molecule has 0 saturated carbocycles. The lowest BCUT2D eigenvalue weighted by atomic mass is 10.0. The average molecular weight is 618 g/mol. The van der Waals surface area contributed by atoms with Crippen molar-refractivity contribution in [3.63, 3.8) is 0 Å². The number of amides is 2. The summed E-state index contributed by atoms with van der Waals surface area (Å²) in [6, 6.07) is 20.4. The van der Waals surface area contributed by atoms with Gasteiger partial charge in [0.25, 0.3) is 17.4 Å². The van der Waals surface area contributed by atoms with Gasteiger partial charge in [0.1, 0.15) is 0 Å². The molecule has 0 bridgehead atoms. The maximum Gasteiger partial charge on any atom is 0.293 e. The number of piperidine rings is 1. The molecule has 0 aliphatic carbocycles. The van der Waals surface area contributed by atoms with Crippen LogP contribution < -0.4 is 26.4 Å². The van der Waals surface area contributed by atoms with Gasteiger partial charge in [-0.25, -0.2) is 4.98 Å². The van der Waals surface area contributed by atoms with Crippen molar-refractivity contribution in [2.45, 2.75) is 26.2 Å². The molecule has 3 heterocycles. The Balaban J connectivity index is 1.18. The molecule has 2 amide bonds. The highest BCUT2D eigenvalue weighted by Gasteiger charge is 2.20. The number of anilines is 4. The van der Waals surface area contributed by atoms with E-state index >= 15 is 0 Å². The number of carbonyl (C=O) groups excluding carboxylic acids is 2. The van der Waals surface area contributed by atoms with Crippen LogP contribution in [0.2, 0.25) is 0 Å². The second-order valence-corrected chi connectivity index (χ2v) is 11.9. The van der Waals surface area contributed by atoms with Crippen molar-refractivity contribution in [2.75, 3.05) is 48.3 Å². The van der Waals surface area contributed by atoms with E-state index in [1.54, 1.807) is 42.4 Å². The van der Waals surface area contributed by atoms with Crippen LogP contribution in [0.5, 0.6) is 0 Å². The van der Waals surface area contributed by atoms with Crippen LogP contribution in [-0.4, -0.2) is 59.0 Å². The highest BCUT2D eigenvalue weighted by atomic mass is 16.2. The van der Waals surface area contributed by atoms with Gasteiger partial charge >= 0.3 is 0 Å². The van der Waals surface area contributed by atoms with Crippen molar-refractivity contribution in [2.24, 2.45) is 7.05 Å². The summed E-state index contributed by atoms with van der Waals surface area (Å²) >= 11 is 0. The van der Waals surface area contributed by atoms with Crippen LogP contribution in [0.3, 0.4) is 0 Å². The van der Waals surface area contributed by atoms with E-state index in [0.717, 1.165) is 35.6 Å². The van der Waals surface area contributed by atoms with Crippen LogP contribution in [0.15, 0.2) is 90.0 Å². The number of hydrogen-bond donors (Lipinski definition) is 3. The van der Waals surface area contributed by atoms with E-state index in [9.17, 15) is 14.4 Å². The molecule has 1 aromatic heterocycles. The summed E-state index contributed by atoms with van der Waals surface area (Å²) < 4.78 is 1.48. The Morgan fingerprint density at radius 1 is 0.913 bits per heavy atom. The van der Waals surface area contributed by atoms with Gasteiger partial charge in [-0.1, -0.05) is 18.7 Å². The maximum absolute atomic E-state index is 13.2. The zero-order valence-corrected chi connectivity index (χ0v) is 26.3. The number of carbonyl (C=O) groups is 2. The van der Waals surface area contributed by atoms with Crippen LogP contribution in [0.4, 0.5) is 22.9 Å². The molecule has 0 atom stereocenters. The summed E-state index contributed by atoms with van der Waals surface area (Å²) in [5, 5.41) is 9.33. The lowest BCUT2D eigenvalue weighted by Gasteiger charge is -2.29. The standard InChI is InChI=1S/C36H39N7O3/c1-24-22-43(21-18-37-24)35(45)27-10-14-28(15-11-27)38-33-36(46)41(3)23-32(39-33)30-8-7-9-31(25(30)2)40-34(44)26-12-16-29(17-13-26)42-19-5-4-6-20-42/h7-17,23,37H,1,4-6,18-22H2,2-3H3,(H,38,39)(H,40,44). The molecule has 236 valence electrons. The fraction of sp³-hybridized carbons (Fsp3) is 0.278. The van der Waals surface area contributed by atoms with Gasteiger partial charge in [0.15, 0.2) is 5.82 Å². The van der Waals surface area contributed by atoms with E-state index in [2.05, 4.69) is 32.4 Å². The van der Waals surface area contributed by atoms with E-state index in [1.807, 2.05) is 49.4 Å². The normalized spacial score (nSPS) is 14.9. The molecular weight excluding hydrogens is 578 g/mol. The largest absolute Gasteiger partial charge is 0.386 e. The molecule has 10 nitrogen and oxygen atoms in total. The molecule has 0 unspecified atom stereocenters. The van der Waals surface area contributed by atoms with Gasteiger partial charge in [-0.15, -0.1) is 0 Å². The van der Waals surface area contributed by atoms with Gasteiger partial charge < -0.3 is 30.3 Å². The Morgan fingerprint density at radius 3 is 2.35 bits per heavy atom. The number of nitrogens with one attached hydrogen (secondary N) is 3. The minimum absolute atomic E-state index is 0.0675. The van der Waals surface area contributed by atoms with Gasteiger partial charge in [-0.3, -0.25) is 14.4 Å². The third kappa shape index (κ3) is 6.66. The Morgan fingerprint density at radius 2 is 1.63 bits per heavy atom. The van der Waals surface area contributed by atoms with Gasteiger partial charge in [0.05, 0.1) is 12.2 Å². The van der Waals surface area contributed by atoms with Crippen molar-refractivity contribution in [3.05, 3.63) is 112 Å². The van der Waals surface area contributed by atoms with Crippen LogP contribution in [0.25, 0.3) is 11.3 Å². The zero-order chi connectivity index (χ0) is 32.2. The Kier molecular flexibility index (Phi) is 8.87. The number of hydrogen-bond acceptors (Lipinski definition) is 7. The first-order valence-corrected chi connectivity index (χ1v) is 15.7. The monoisotopic (exact) mass is 617 g/mol. The summed E-state index contributed by atoms with van der Waals surface area (Å²) in [5.74, 6) is -0.104. The topological polar surface area (TPSA) is 112 Å². The molecule has 3 aromatic carbocycles. The summed E-state index contributed by atoms with van der Waals surface area (Å²) in [7, 11) is 1.68. The van der Waals surface area contributed by atoms with Crippen molar-refractivity contribution in [3.8, 4) is 11.3 Å². The molecule has 6 rings (SSSR count). The maximum atomic E-state index is 13.2. The summed E-state index contributed by atoms with van der Waals surface area (Å²) in [5.41, 5.74) is 6.31. The predicted octanol–water partition coefficient (Wildman–Crippen LogP) is 5.30. The van der Waals surface area contributed by atoms with E-state index < -0.39 is 0 Å². The molecular formula is C36H39N7O3. The molecule has 2 aliphatic heterocycles. The molecule has 2 fully saturated rings. The molecule has 2 aliphatic rings. The smallest absolute Gasteiger partial charge is 0.293 e. The highest BCUT2D eigenvalue weighted by Crippen LogP contribution is 2.29. The van der Waals surface area contributed by atoms with Crippen molar-refractivity contribution in [1.29, 1.82) is 0 Å². The molecule has 46 heavy (non-hydrogen) atoms. The summed E-state index contributed by atoms with van der Waals surface area (Å²) in [6.07, 6.45) is 5.35. The SMILES string of the molecule is C=C1CN(C(=O)c2ccc(Nc3nc(-c4cccc(NC(=O)c5ccc(N6CCCCC6)cc5)c4C)cn(C)c3=O)cc2)CCN1. The van der Waals surface area contributed by atoms with Crippen molar-refractivity contribution < 1.29 is 9.59 Å². The van der Waals surface area contributed by atoms with Crippen LogP contribution >= 0.6 is 0 Å². The molecule has 2 saturated heterocycles. The van der Waals surface area contributed by atoms with Gasteiger partial charge in [0.2, 0.25) is 0 Å². The molecule has 3 N–H and O–H groups in total. The zero-order valence-electron chi connectivity index (χ0n) is 26.3. The van der Waals surface area contributed by atoms with E-state index in [0.29, 0.717) is 47.8 Å². The van der Waals surface area contributed by atoms with Gasteiger partial charge in [-0.2, -0.15) is 0 Å². The van der Waals surface area contributed by atoms with Crippen LogP contribution in [0, 0.1) is 6.92 Å². The van der Waals surface area contributed by atoms with Crippen molar-refractivity contribution in [1.82, 2.24) is 19.8 Å². The number of aryl methyl sites for hydroxylation is 1. The molecule has 0 spiro atoms. The van der Waals surface area contributed by atoms with Gasteiger partial charge in [-0.05, 0) is 86.3 Å². The fourth-order valence-corrected chi connectivity index (χ4v) is 5.96. The second-order valence-electron chi connectivity index (χ2n) is 11.9. The Labute approximate surface area is 268 Å². The Hall–Kier alpha value is -5.38. The lowest BCUT2D eigenvalue weighted by Crippen LogP contribution is -2.44. The first kappa shape index (κ1) is 30.6. The summed E-state index contributed by atoms with van der Waals surface area (Å²) in [6.45, 7) is 9.71. The second kappa shape index (κ2) is 13.3. The lowest BCUT2D eigenvalue weighted by molar-refractivity contribution is 0.0754. The number of piperazine rings is 1. The average Bonchev–Trinajstić information content (AvgIpc) is 3.08. The third-order valence-corrected chi connectivity index (χ3v) is 8.60. The quantitative estimate of drug-likeness (QED) is 0.258. The number of benzene rings is 3. The Bertz CT molecular complexity index is 1820. The minimum Gasteiger partial charge on any atom is -0.386 e. The van der Waals surface area contributed by atoms with E-state index in [4.69, 9.17) is 0 Å². The third-order valence-electron chi connectivity index (χ3n) is 8.60. The molecule has 10 heteroatoms. The van der Waals surface area contributed by atoms with E-state index in [1.165, 1.54) is 23.8 Å². The van der Waals surface area contributed by atoms with E-state index in [-0.39, 0.29) is 23.2 Å². The number of rotatable bonds is 7. The van der Waals surface area contributed by atoms with Crippen molar-refractivity contribution >= 4 is 34.7 Å². The van der Waals surface area contributed by atoms with Gasteiger partial charge in [0, 0.05) is 78.9 Å². The highest BCUT2D eigenvalue weighted by molar-refractivity contribution is 6.05. The fourth-order valence-electron chi connectivity index (χ4n) is 5.96. The number of aromatic nitrogens is 2. The predicted molar refractivity (Wildman–Crippen MR) is 183 cm³/mol. The minimum atomic E-state index is -0.293.